The topological polar surface area (TPSA) is 29.5 Å². The van der Waals surface area contributed by atoms with Crippen molar-refractivity contribution >= 4 is 0 Å². The number of aliphatic hydroxyl groups is 1. The van der Waals surface area contributed by atoms with E-state index in [1.807, 2.05) is 13.8 Å². The largest absolute Gasteiger partial charge is 0.390 e. The summed E-state index contributed by atoms with van der Waals surface area (Å²) in [7, 11) is 0. The summed E-state index contributed by atoms with van der Waals surface area (Å²) >= 11 is 0. The summed E-state index contributed by atoms with van der Waals surface area (Å²) in [6, 6.07) is 0. The van der Waals surface area contributed by atoms with Crippen LogP contribution in [0.15, 0.2) is 0 Å². The Bertz CT molecular complexity index is 160. The standard InChI is InChI=1S/C12H24O2/c1-10-6-4-5-7-11(10)14-9-8-12(2,3)13/h10-11,13H,4-9H2,1-3H3. The fourth-order valence-corrected chi connectivity index (χ4v) is 1.99. The van der Waals surface area contributed by atoms with Crippen molar-refractivity contribution in [3.05, 3.63) is 0 Å². The fraction of sp³-hybridized carbons (Fsp3) is 1.00. The molecule has 2 unspecified atom stereocenters. The molecule has 1 rings (SSSR count). The highest BCUT2D eigenvalue weighted by molar-refractivity contribution is 4.73. The van der Waals surface area contributed by atoms with Gasteiger partial charge in [0.15, 0.2) is 0 Å². The maximum Gasteiger partial charge on any atom is 0.0613 e. The number of hydrogen-bond donors (Lipinski definition) is 1. The Morgan fingerprint density at radius 2 is 1.93 bits per heavy atom. The Kier molecular flexibility index (Phi) is 4.39. The third-order valence-electron chi connectivity index (χ3n) is 3.08. The van der Waals surface area contributed by atoms with Crippen LogP contribution in [0.5, 0.6) is 0 Å². The maximum atomic E-state index is 9.53. The Hall–Kier alpha value is -0.0800. The van der Waals surface area contributed by atoms with Crippen LogP contribution in [0.4, 0.5) is 0 Å². The molecule has 1 aliphatic rings. The molecule has 0 aromatic carbocycles. The molecule has 2 atom stereocenters. The predicted molar refractivity (Wildman–Crippen MR) is 58.3 cm³/mol. The van der Waals surface area contributed by atoms with Gasteiger partial charge in [0, 0.05) is 6.61 Å². The molecule has 0 spiro atoms. The molecule has 0 saturated heterocycles. The quantitative estimate of drug-likeness (QED) is 0.756. The molecule has 1 aliphatic carbocycles. The second kappa shape index (κ2) is 5.13. The second-order valence-electron chi connectivity index (χ2n) is 5.23. The molecule has 84 valence electrons. The first-order chi connectivity index (χ1) is 6.49. The van der Waals surface area contributed by atoms with E-state index >= 15 is 0 Å². The van der Waals surface area contributed by atoms with Crippen LogP contribution in [0.25, 0.3) is 0 Å². The molecule has 0 bridgehead atoms. The van der Waals surface area contributed by atoms with Gasteiger partial charge in [-0.05, 0) is 39.0 Å². The van der Waals surface area contributed by atoms with E-state index in [9.17, 15) is 5.11 Å². The summed E-state index contributed by atoms with van der Waals surface area (Å²) < 4.78 is 5.81. The molecule has 2 nitrogen and oxygen atoms in total. The highest BCUT2D eigenvalue weighted by Gasteiger charge is 2.22. The molecule has 0 radical (unpaired) electrons. The van der Waals surface area contributed by atoms with Gasteiger partial charge in [0.05, 0.1) is 11.7 Å². The normalized spacial score (nSPS) is 29.1. The third-order valence-corrected chi connectivity index (χ3v) is 3.08. The lowest BCUT2D eigenvalue weighted by atomic mass is 9.88. The molecule has 0 heterocycles. The smallest absolute Gasteiger partial charge is 0.0613 e. The Labute approximate surface area is 87.7 Å². The predicted octanol–water partition coefficient (Wildman–Crippen LogP) is 2.74. The highest BCUT2D eigenvalue weighted by atomic mass is 16.5. The summed E-state index contributed by atoms with van der Waals surface area (Å²) in [4.78, 5) is 0. The molecule has 0 aromatic heterocycles. The first-order valence-corrected chi connectivity index (χ1v) is 5.83. The van der Waals surface area contributed by atoms with E-state index in [1.54, 1.807) is 0 Å². The van der Waals surface area contributed by atoms with Gasteiger partial charge in [-0.15, -0.1) is 0 Å². The van der Waals surface area contributed by atoms with Crippen molar-refractivity contribution in [2.24, 2.45) is 5.92 Å². The van der Waals surface area contributed by atoms with Crippen LogP contribution in [0, 0.1) is 5.92 Å². The zero-order valence-electron chi connectivity index (χ0n) is 9.75. The van der Waals surface area contributed by atoms with Crippen molar-refractivity contribution in [2.75, 3.05) is 6.61 Å². The molecule has 1 fully saturated rings. The Balaban J connectivity index is 2.17. The molecule has 0 amide bonds. The van der Waals surface area contributed by atoms with Crippen molar-refractivity contribution in [3.8, 4) is 0 Å². The van der Waals surface area contributed by atoms with Gasteiger partial charge in [-0.25, -0.2) is 0 Å². The lowest BCUT2D eigenvalue weighted by Crippen LogP contribution is -2.28. The SMILES string of the molecule is CC1CCCCC1OCCC(C)(C)O. The summed E-state index contributed by atoms with van der Waals surface area (Å²) in [6.07, 6.45) is 6.33. The van der Waals surface area contributed by atoms with Gasteiger partial charge in [0.25, 0.3) is 0 Å². The van der Waals surface area contributed by atoms with E-state index in [0.717, 1.165) is 6.42 Å². The minimum absolute atomic E-state index is 0.436. The van der Waals surface area contributed by atoms with E-state index in [0.29, 0.717) is 18.6 Å². The average molecular weight is 200 g/mol. The van der Waals surface area contributed by atoms with E-state index < -0.39 is 5.60 Å². The molecular weight excluding hydrogens is 176 g/mol. The van der Waals surface area contributed by atoms with Crippen LogP contribution in [-0.2, 0) is 4.74 Å². The van der Waals surface area contributed by atoms with Crippen LogP contribution >= 0.6 is 0 Å². The van der Waals surface area contributed by atoms with Gasteiger partial charge in [0.2, 0.25) is 0 Å². The number of ether oxygens (including phenoxy) is 1. The summed E-state index contributed by atoms with van der Waals surface area (Å²) in [5.74, 6) is 0.700. The van der Waals surface area contributed by atoms with Crippen LogP contribution < -0.4 is 0 Å². The van der Waals surface area contributed by atoms with Gasteiger partial charge < -0.3 is 9.84 Å². The van der Waals surface area contributed by atoms with Crippen molar-refractivity contribution < 1.29 is 9.84 Å². The molecule has 1 saturated carbocycles. The molecule has 1 N–H and O–H groups in total. The van der Waals surface area contributed by atoms with E-state index in [2.05, 4.69) is 6.92 Å². The van der Waals surface area contributed by atoms with Gasteiger partial charge in [-0.1, -0.05) is 19.8 Å². The zero-order valence-corrected chi connectivity index (χ0v) is 9.75. The molecule has 14 heavy (non-hydrogen) atoms. The van der Waals surface area contributed by atoms with Crippen molar-refractivity contribution in [3.63, 3.8) is 0 Å². The lowest BCUT2D eigenvalue weighted by Gasteiger charge is -2.29. The van der Waals surface area contributed by atoms with Gasteiger partial charge >= 0.3 is 0 Å². The number of rotatable bonds is 4. The molecular formula is C12H24O2. The van der Waals surface area contributed by atoms with Crippen LogP contribution in [-0.4, -0.2) is 23.4 Å². The third kappa shape index (κ3) is 4.43. The van der Waals surface area contributed by atoms with E-state index in [4.69, 9.17) is 4.74 Å². The Morgan fingerprint density at radius 3 is 2.50 bits per heavy atom. The minimum Gasteiger partial charge on any atom is -0.390 e. The summed E-state index contributed by atoms with van der Waals surface area (Å²) in [5.41, 5.74) is -0.585. The Morgan fingerprint density at radius 1 is 1.29 bits per heavy atom. The summed E-state index contributed by atoms with van der Waals surface area (Å²) in [5, 5.41) is 9.53. The number of hydrogen-bond acceptors (Lipinski definition) is 2. The van der Waals surface area contributed by atoms with Crippen molar-refractivity contribution in [1.82, 2.24) is 0 Å². The fourth-order valence-electron chi connectivity index (χ4n) is 1.99. The maximum absolute atomic E-state index is 9.53. The lowest BCUT2D eigenvalue weighted by molar-refractivity contribution is -0.0342. The minimum atomic E-state index is -0.585. The van der Waals surface area contributed by atoms with Gasteiger partial charge in [0.1, 0.15) is 0 Å². The molecule has 0 aliphatic heterocycles. The van der Waals surface area contributed by atoms with Crippen molar-refractivity contribution in [2.45, 2.75) is 64.6 Å². The molecule has 0 aromatic rings. The van der Waals surface area contributed by atoms with Crippen LogP contribution in [0.3, 0.4) is 0 Å². The zero-order chi connectivity index (χ0) is 10.6. The van der Waals surface area contributed by atoms with Crippen LogP contribution in [0.2, 0.25) is 0 Å². The monoisotopic (exact) mass is 200 g/mol. The van der Waals surface area contributed by atoms with E-state index in [-0.39, 0.29) is 0 Å². The van der Waals surface area contributed by atoms with Crippen molar-refractivity contribution in [1.29, 1.82) is 0 Å². The summed E-state index contributed by atoms with van der Waals surface area (Å²) in [6.45, 7) is 6.63. The highest BCUT2D eigenvalue weighted by Crippen LogP contribution is 2.26. The van der Waals surface area contributed by atoms with Gasteiger partial charge in [-0.2, -0.15) is 0 Å². The van der Waals surface area contributed by atoms with E-state index in [1.165, 1.54) is 25.7 Å². The average Bonchev–Trinajstić information content (AvgIpc) is 2.06. The first-order valence-electron chi connectivity index (χ1n) is 5.83. The first kappa shape index (κ1) is 12.0. The molecule has 2 heteroatoms. The second-order valence-corrected chi connectivity index (χ2v) is 5.23. The van der Waals surface area contributed by atoms with Crippen LogP contribution in [0.1, 0.15) is 52.9 Å². The van der Waals surface area contributed by atoms with Gasteiger partial charge in [-0.3, -0.25) is 0 Å².